The van der Waals surface area contributed by atoms with Crippen molar-refractivity contribution in [1.82, 2.24) is 16.0 Å². The van der Waals surface area contributed by atoms with Crippen LogP contribution in [0.4, 0.5) is 0 Å². The fraction of sp³-hybridized carbons (Fsp3) is 0.826. The molecule has 3 amide bonds. The van der Waals surface area contributed by atoms with Gasteiger partial charge >= 0.3 is 5.97 Å². The zero-order valence-electron chi connectivity index (χ0n) is 21.1. The van der Waals surface area contributed by atoms with E-state index in [9.17, 15) is 24.3 Å². The molecule has 0 aliphatic rings. The molecule has 0 rings (SSSR count). The van der Waals surface area contributed by atoms with E-state index >= 15 is 0 Å². The van der Waals surface area contributed by atoms with Gasteiger partial charge in [-0.15, -0.1) is 0 Å². The van der Waals surface area contributed by atoms with Crippen molar-refractivity contribution in [3.8, 4) is 0 Å². The Bertz CT molecular complexity index is 644. The molecule has 0 aliphatic heterocycles. The van der Waals surface area contributed by atoms with Crippen LogP contribution in [0.25, 0.3) is 0 Å². The lowest BCUT2D eigenvalue weighted by Gasteiger charge is -2.29. The molecular formula is C23H44N4O5S. The summed E-state index contributed by atoms with van der Waals surface area (Å²) >= 11 is 1.59. The molecule has 5 unspecified atom stereocenters. The highest BCUT2D eigenvalue weighted by Crippen LogP contribution is 2.13. The summed E-state index contributed by atoms with van der Waals surface area (Å²) in [5.74, 6) is -1.87. The number of carboxylic acids is 1. The first kappa shape index (κ1) is 31.2. The third kappa shape index (κ3) is 12.3. The summed E-state index contributed by atoms with van der Waals surface area (Å²) in [5.41, 5.74) is 5.95. The van der Waals surface area contributed by atoms with Gasteiger partial charge in [0.25, 0.3) is 0 Å². The van der Waals surface area contributed by atoms with Crippen molar-refractivity contribution in [2.75, 3.05) is 12.0 Å². The number of amides is 3. The van der Waals surface area contributed by atoms with Gasteiger partial charge in [-0.2, -0.15) is 11.8 Å². The minimum absolute atomic E-state index is 0.0731. The molecule has 0 aromatic carbocycles. The predicted octanol–water partition coefficient (Wildman–Crippen LogP) is 1.74. The molecule has 0 spiro atoms. The monoisotopic (exact) mass is 488 g/mol. The largest absolute Gasteiger partial charge is 0.480 e. The van der Waals surface area contributed by atoms with Crippen LogP contribution < -0.4 is 21.7 Å². The molecule has 0 fully saturated rings. The van der Waals surface area contributed by atoms with Gasteiger partial charge in [0.15, 0.2) is 0 Å². The Balaban J connectivity index is 5.51. The molecule has 9 nitrogen and oxygen atoms in total. The molecule has 0 heterocycles. The van der Waals surface area contributed by atoms with Crippen LogP contribution in [0.2, 0.25) is 0 Å². The maximum atomic E-state index is 13.1. The minimum atomic E-state index is -1.12. The molecule has 0 aromatic heterocycles. The average Bonchev–Trinajstić information content (AvgIpc) is 2.72. The number of nitrogens with two attached hydrogens (primary N) is 1. The third-order valence-corrected chi connectivity index (χ3v) is 6.07. The molecule has 5 atom stereocenters. The molecule has 6 N–H and O–H groups in total. The third-order valence-electron chi connectivity index (χ3n) is 5.42. The summed E-state index contributed by atoms with van der Waals surface area (Å²) in [6.45, 7) is 11.3. The van der Waals surface area contributed by atoms with Gasteiger partial charge in [-0.25, -0.2) is 4.79 Å². The summed E-state index contributed by atoms with van der Waals surface area (Å²) in [5, 5.41) is 17.5. The molecule has 0 aromatic rings. The van der Waals surface area contributed by atoms with Crippen molar-refractivity contribution in [1.29, 1.82) is 0 Å². The van der Waals surface area contributed by atoms with Gasteiger partial charge in [0, 0.05) is 0 Å². The van der Waals surface area contributed by atoms with E-state index in [4.69, 9.17) is 5.73 Å². The van der Waals surface area contributed by atoms with E-state index in [0.717, 1.165) is 5.75 Å². The SMILES string of the molecule is CCC(C)C(NC(=O)C(CC(C)C)NC(=O)C(N)CCSC)C(=O)NC(CC(C)C)C(=O)O. The van der Waals surface area contributed by atoms with Gasteiger partial charge in [-0.05, 0) is 49.0 Å². The predicted molar refractivity (Wildman–Crippen MR) is 133 cm³/mol. The van der Waals surface area contributed by atoms with Crippen LogP contribution in [0.5, 0.6) is 0 Å². The zero-order valence-corrected chi connectivity index (χ0v) is 22.0. The van der Waals surface area contributed by atoms with Crippen LogP contribution in [0.15, 0.2) is 0 Å². The van der Waals surface area contributed by atoms with E-state index < -0.39 is 47.9 Å². The normalized spacial score (nSPS) is 15.9. The van der Waals surface area contributed by atoms with Crippen molar-refractivity contribution in [2.24, 2.45) is 23.5 Å². The Morgan fingerprint density at radius 3 is 1.82 bits per heavy atom. The highest BCUT2D eigenvalue weighted by molar-refractivity contribution is 7.98. The molecule has 0 aliphatic carbocycles. The van der Waals surface area contributed by atoms with Gasteiger partial charge < -0.3 is 26.8 Å². The topological polar surface area (TPSA) is 151 Å². The first-order valence-corrected chi connectivity index (χ1v) is 13.1. The number of carboxylic acid groups (broad SMARTS) is 1. The van der Waals surface area contributed by atoms with Gasteiger partial charge in [0.1, 0.15) is 18.1 Å². The standard InChI is InChI=1S/C23H44N4O5S/c1-8-15(6)19(22(30)26-18(23(31)32)12-14(4)5)27-21(29)17(11-13(2)3)25-20(28)16(24)9-10-33-7/h13-19H,8-12,24H2,1-7H3,(H,25,28)(H,26,30)(H,27,29)(H,31,32). The van der Waals surface area contributed by atoms with E-state index in [2.05, 4.69) is 16.0 Å². The molecule has 0 bridgehead atoms. The van der Waals surface area contributed by atoms with Crippen LogP contribution in [-0.4, -0.2) is 65.0 Å². The lowest BCUT2D eigenvalue weighted by molar-refractivity contribution is -0.143. The summed E-state index contributed by atoms with van der Waals surface area (Å²) in [7, 11) is 0. The first-order chi connectivity index (χ1) is 15.3. The molecule has 10 heteroatoms. The second kappa shape index (κ2) is 15.9. The number of carbonyl (C=O) groups excluding carboxylic acids is 3. The van der Waals surface area contributed by atoms with Crippen LogP contribution in [0.3, 0.4) is 0 Å². The Kier molecular flexibility index (Phi) is 15.1. The van der Waals surface area contributed by atoms with Crippen LogP contribution in [-0.2, 0) is 19.2 Å². The lowest BCUT2D eigenvalue weighted by atomic mass is 9.95. The Labute approximate surface area is 202 Å². The summed E-state index contributed by atoms with van der Waals surface area (Å²) in [4.78, 5) is 50.2. The van der Waals surface area contributed by atoms with Crippen LogP contribution in [0.1, 0.15) is 67.2 Å². The second-order valence-corrected chi connectivity index (χ2v) is 10.5. The average molecular weight is 489 g/mol. The van der Waals surface area contributed by atoms with Gasteiger partial charge in [-0.1, -0.05) is 48.0 Å². The molecule has 0 saturated carbocycles. The molecule has 33 heavy (non-hydrogen) atoms. The van der Waals surface area contributed by atoms with E-state index in [-0.39, 0.29) is 24.2 Å². The van der Waals surface area contributed by atoms with Crippen molar-refractivity contribution in [3.63, 3.8) is 0 Å². The van der Waals surface area contributed by atoms with E-state index in [1.807, 2.05) is 47.8 Å². The first-order valence-electron chi connectivity index (χ1n) is 11.7. The molecule has 0 saturated heterocycles. The summed E-state index contributed by atoms with van der Waals surface area (Å²) in [6, 6.07) is -3.53. The Hall–Kier alpha value is -1.81. The van der Waals surface area contributed by atoms with Crippen molar-refractivity contribution in [2.45, 2.75) is 91.4 Å². The molecule has 192 valence electrons. The van der Waals surface area contributed by atoms with E-state index in [1.54, 1.807) is 11.8 Å². The molecule has 0 radical (unpaired) electrons. The minimum Gasteiger partial charge on any atom is -0.480 e. The Morgan fingerprint density at radius 1 is 0.848 bits per heavy atom. The van der Waals surface area contributed by atoms with E-state index in [1.165, 1.54) is 0 Å². The van der Waals surface area contributed by atoms with Gasteiger partial charge in [0.2, 0.25) is 17.7 Å². The van der Waals surface area contributed by atoms with Gasteiger partial charge in [0.05, 0.1) is 6.04 Å². The quantitative estimate of drug-likeness (QED) is 0.222. The van der Waals surface area contributed by atoms with Crippen molar-refractivity contribution < 1.29 is 24.3 Å². The number of hydrogen-bond donors (Lipinski definition) is 5. The van der Waals surface area contributed by atoms with Crippen LogP contribution in [0, 0.1) is 17.8 Å². The smallest absolute Gasteiger partial charge is 0.326 e. The zero-order chi connectivity index (χ0) is 25.7. The maximum absolute atomic E-state index is 13.1. The van der Waals surface area contributed by atoms with Crippen molar-refractivity contribution in [3.05, 3.63) is 0 Å². The fourth-order valence-corrected chi connectivity index (χ4v) is 3.76. The van der Waals surface area contributed by atoms with E-state index in [0.29, 0.717) is 19.3 Å². The van der Waals surface area contributed by atoms with Crippen molar-refractivity contribution >= 4 is 35.5 Å². The highest BCUT2D eigenvalue weighted by atomic mass is 32.2. The summed E-state index contributed by atoms with van der Waals surface area (Å²) < 4.78 is 0. The number of thioether (sulfide) groups is 1. The van der Waals surface area contributed by atoms with Gasteiger partial charge in [-0.3, -0.25) is 14.4 Å². The number of aliphatic carboxylic acids is 1. The number of rotatable bonds is 16. The maximum Gasteiger partial charge on any atom is 0.326 e. The number of hydrogen-bond acceptors (Lipinski definition) is 6. The highest BCUT2D eigenvalue weighted by Gasteiger charge is 2.33. The fourth-order valence-electron chi connectivity index (χ4n) is 3.27. The summed E-state index contributed by atoms with van der Waals surface area (Å²) in [6.07, 6.45) is 3.68. The van der Waals surface area contributed by atoms with Crippen LogP contribution >= 0.6 is 11.8 Å². The molecular weight excluding hydrogens is 444 g/mol. The second-order valence-electron chi connectivity index (χ2n) is 9.48. The number of nitrogens with one attached hydrogen (secondary N) is 3. The lowest BCUT2D eigenvalue weighted by Crippen LogP contribution is -2.59. The Morgan fingerprint density at radius 2 is 1.36 bits per heavy atom. The number of carbonyl (C=O) groups is 4.